The fraction of sp³-hybridized carbons (Fsp3) is 0.464. The lowest BCUT2D eigenvalue weighted by atomic mass is 10.0. The summed E-state index contributed by atoms with van der Waals surface area (Å²) >= 11 is 0. The molecule has 1 saturated carbocycles. The summed E-state index contributed by atoms with van der Waals surface area (Å²) < 4.78 is 1.72. The second-order valence-corrected chi connectivity index (χ2v) is 9.46. The Kier molecular flexibility index (Phi) is 6.96. The van der Waals surface area contributed by atoms with E-state index in [0.29, 0.717) is 35.6 Å². The minimum Gasteiger partial charge on any atom is -0.333 e. The zero-order chi connectivity index (χ0) is 23.5. The lowest BCUT2D eigenvalue weighted by Crippen LogP contribution is -2.37. The molecule has 2 aromatic carbocycles. The van der Waals surface area contributed by atoms with Crippen molar-refractivity contribution >= 4 is 16.8 Å². The van der Waals surface area contributed by atoms with Crippen LogP contribution in [0.5, 0.6) is 0 Å². The molecular weight excluding hydrogens is 410 g/mol. The summed E-state index contributed by atoms with van der Waals surface area (Å²) in [6.07, 6.45) is 6.58. The molecule has 33 heavy (non-hydrogen) atoms. The number of carbonyl (C=O) groups excluding carboxylic acids is 1. The number of fused-ring (bicyclic) bond motifs is 1. The SMILES string of the molecule is CCN(C(=O)CCC1CCCC1)C(C)c1nc2ccccc2c(=O)n1-c1ccc(C)cc1C. The molecule has 5 nitrogen and oxygen atoms in total. The number of amides is 1. The van der Waals surface area contributed by atoms with E-state index in [2.05, 4.69) is 6.07 Å². The highest BCUT2D eigenvalue weighted by Crippen LogP contribution is 2.30. The van der Waals surface area contributed by atoms with Crippen molar-refractivity contribution in [2.75, 3.05) is 6.54 Å². The van der Waals surface area contributed by atoms with E-state index in [1.165, 1.54) is 25.7 Å². The van der Waals surface area contributed by atoms with Gasteiger partial charge >= 0.3 is 0 Å². The fourth-order valence-corrected chi connectivity index (χ4v) is 5.30. The van der Waals surface area contributed by atoms with Crippen LogP contribution in [0.4, 0.5) is 0 Å². The van der Waals surface area contributed by atoms with Crippen molar-refractivity contribution in [3.05, 3.63) is 69.8 Å². The predicted molar refractivity (Wildman–Crippen MR) is 134 cm³/mol. The first-order valence-corrected chi connectivity index (χ1v) is 12.3. The van der Waals surface area contributed by atoms with E-state index < -0.39 is 0 Å². The van der Waals surface area contributed by atoms with Gasteiger partial charge in [0, 0.05) is 13.0 Å². The maximum absolute atomic E-state index is 13.7. The van der Waals surface area contributed by atoms with Crippen molar-refractivity contribution < 1.29 is 4.79 Å². The molecule has 174 valence electrons. The van der Waals surface area contributed by atoms with Gasteiger partial charge in [-0.2, -0.15) is 0 Å². The summed E-state index contributed by atoms with van der Waals surface area (Å²) in [4.78, 5) is 33.8. The van der Waals surface area contributed by atoms with Crippen LogP contribution in [0, 0.1) is 19.8 Å². The maximum atomic E-state index is 13.7. The molecule has 1 unspecified atom stereocenters. The molecule has 3 aromatic rings. The standard InChI is InChI=1S/C28H35N3O2/c1-5-30(26(32)17-15-22-10-6-7-11-22)21(4)27-29-24-13-9-8-12-23(24)28(33)31(27)25-16-14-19(2)18-20(25)3/h8-9,12-14,16,18,21-22H,5-7,10-11,15,17H2,1-4H3. The lowest BCUT2D eigenvalue weighted by molar-refractivity contribution is -0.133. The van der Waals surface area contributed by atoms with Crippen LogP contribution >= 0.6 is 0 Å². The molecule has 0 saturated heterocycles. The summed E-state index contributed by atoms with van der Waals surface area (Å²) in [5.41, 5.74) is 3.55. The molecule has 0 radical (unpaired) electrons. The molecule has 0 aliphatic heterocycles. The number of rotatable bonds is 7. The molecule has 1 aliphatic carbocycles. The Morgan fingerprint density at radius 3 is 2.58 bits per heavy atom. The van der Waals surface area contributed by atoms with Crippen LogP contribution in [-0.2, 0) is 4.79 Å². The van der Waals surface area contributed by atoms with Gasteiger partial charge in [-0.1, -0.05) is 55.5 Å². The zero-order valence-corrected chi connectivity index (χ0v) is 20.3. The Bertz CT molecular complexity index is 1210. The highest BCUT2D eigenvalue weighted by molar-refractivity contribution is 5.79. The fourth-order valence-electron chi connectivity index (χ4n) is 5.30. The first kappa shape index (κ1) is 23.2. The predicted octanol–water partition coefficient (Wildman–Crippen LogP) is 5.88. The highest BCUT2D eigenvalue weighted by Gasteiger charge is 2.27. The first-order chi connectivity index (χ1) is 15.9. The van der Waals surface area contributed by atoms with Gasteiger partial charge in [0.15, 0.2) is 0 Å². The number of carbonyl (C=O) groups is 1. The minimum absolute atomic E-state index is 0.0936. The number of nitrogens with zero attached hydrogens (tertiary/aromatic N) is 3. The molecule has 1 atom stereocenters. The van der Waals surface area contributed by atoms with Crippen molar-refractivity contribution in [2.45, 2.75) is 72.3 Å². The molecule has 0 spiro atoms. The van der Waals surface area contributed by atoms with Crippen molar-refractivity contribution in [1.82, 2.24) is 14.5 Å². The van der Waals surface area contributed by atoms with E-state index in [0.717, 1.165) is 23.2 Å². The molecule has 1 heterocycles. The molecular formula is C28H35N3O2. The molecule has 5 heteroatoms. The molecule has 1 fully saturated rings. The largest absolute Gasteiger partial charge is 0.333 e. The first-order valence-electron chi connectivity index (χ1n) is 12.3. The smallest absolute Gasteiger partial charge is 0.266 e. The van der Waals surface area contributed by atoms with Crippen LogP contribution in [0.15, 0.2) is 47.3 Å². The van der Waals surface area contributed by atoms with Gasteiger partial charge < -0.3 is 4.90 Å². The van der Waals surface area contributed by atoms with Crippen LogP contribution in [0.3, 0.4) is 0 Å². The third-order valence-electron chi connectivity index (χ3n) is 7.14. The van der Waals surface area contributed by atoms with Gasteiger partial charge in [0.1, 0.15) is 5.82 Å². The number of para-hydroxylation sites is 1. The molecule has 0 bridgehead atoms. The maximum Gasteiger partial charge on any atom is 0.266 e. The van der Waals surface area contributed by atoms with Gasteiger partial charge in [0.25, 0.3) is 5.56 Å². The van der Waals surface area contributed by atoms with Gasteiger partial charge in [0.05, 0.1) is 22.6 Å². The monoisotopic (exact) mass is 445 g/mol. The average molecular weight is 446 g/mol. The van der Waals surface area contributed by atoms with Gasteiger partial charge in [-0.25, -0.2) is 4.98 Å². The van der Waals surface area contributed by atoms with Crippen LogP contribution in [0.25, 0.3) is 16.6 Å². The van der Waals surface area contributed by atoms with Crippen LogP contribution in [-0.4, -0.2) is 26.9 Å². The molecule has 0 N–H and O–H groups in total. The molecule has 1 aromatic heterocycles. The number of benzene rings is 2. The summed E-state index contributed by atoms with van der Waals surface area (Å²) in [5, 5.41) is 0.587. The topological polar surface area (TPSA) is 55.2 Å². The van der Waals surface area contributed by atoms with Crippen molar-refractivity contribution in [1.29, 1.82) is 0 Å². The van der Waals surface area contributed by atoms with Crippen molar-refractivity contribution in [2.24, 2.45) is 5.92 Å². The number of hydrogen-bond donors (Lipinski definition) is 0. The van der Waals surface area contributed by atoms with E-state index in [-0.39, 0.29) is 17.5 Å². The summed E-state index contributed by atoms with van der Waals surface area (Å²) in [7, 11) is 0. The van der Waals surface area contributed by atoms with Crippen molar-refractivity contribution in [3.8, 4) is 5.69 Å². The number of aromatic nitrogens is 2. The summed E-state index contributed by atoms with van der Waals surface area (Å²) in [6, 6.07) is 13.2. The van der Waals surface area contributed by atoms with Gasteiger partial charge in [-0.3, -0.25) is 14.2 Å². The number of hydrogen-bond acceptors (Lipinski definition) is 3. The van der Waals surface area contributed by atoms with E-state index >= 15 is 0 Å². The zero-order valence-electron chi connectivity index (χ0n) is 20.3. The third-order valence-corrected chi connectivity index (χ3v) is 7.14. The van der Waals surface area contributed by atoms with Gasteiger partial charge in [0.2, 0.25) is 5.91 Å². The van der Waals surface area contributed by atoms with Crippen molar-refractivity contribution in [3.63, 3.8) is 0 Å². The number of aryl methyl sites for hydroxylation is 2. The Balaban J connectivity index is 1.77. The van der Waals surface area contributed by atoms with E-state index in [1.807, 2.05) is 69.0 Å². The van der Waals surface area contributed by atoms with E-state index in [1.54, 1.807) is 4.57 Å². The Hall–Kier alpha value is -2.95. The van der Waals surface area contributed by atoms with E-state index in [4.69, 9.17) is 4.98 Å². The summed E-state index contributed by atoms with van der Waals surface area (Å²) in [6.45, 7) is 8.64. The van der Waals surface area contributed by atoms with Crippen LogP contribution in [0.1, 0.15) is 75.4 Å². The quantitative estimate of drug-likeness (QED) is 0.456. The summed E-state index contributed by atoms with van der Waals surface area (Å²) in [5.74, 6) is 1.43. The van der Waals surface area contributed by atoms with Gasteiger partial charge in [-0.05, 0) is 63.8 Å². The van der Waals surface area contributed by atoms with Crippen LogP contribution < -0.4 is 5.56 Å². The minimum atomic E-state index is -0.316. The van der Waals surface area contributed by atoms with E-state index in [9.17, 15) is 9.59 Å². The molecule has 4 rings (SSSR count). The Labute approximate surface area is 196 Å². The van der Waals surface area contributed by atoms with Gasteiger partial charge in [-0.15, -0.1) is 0 Å². The highest BCUT2D eigenvalue weighted by atomic mass is 16.2. The second kappa shape index (κ2) is 9.90. The Morgan fingerprint density at radius 1 is 1.15 bits per heavy atom. The molecule has 1 aliphatic rings. The molecule has 1 amide bonds. The average Bonchev–Trinajstić information content (AvgIpc) is 3.32. The lowest BCUT2D eigenvalue weighted by Gasteiger charge is -2.30. The third kappa shape index (κ3) is 4.73. The van der Waals surface area contributed by atoms with Crippen LogP contribution in [0.2, 0.25) is 0 Å². The normalized spacial score (nSPS) is 15.2. The second-order valence-electron chi connectivity index (χ2n) is 9.46. The Morgan fingerprint density at radius 2 is 1.88 bits per heavy atom.